The van der Waals surface area contributed by atoms with E-state index in [-0.39, 0.29) is 5.91 Å². The van der Waals surface area contributed by atoms with Gasteiger partial charge >= 0.3 is 0 Å². The van der Waals surface area contributed by atoms with Crippen molar-refractivity contribution in [2.75, 3.05) is 19.7 Å². The first kappa shape index (κ1) is 16.4. The standard InChI is InChI=1S/C16H22N6O2/c1-3-24-14-6-4-5-13(17-14)11-15(23)22-9-7-12(8-10-22)16-18-19-20-21(16)2/h4-6,12H,3,7-11H2,1-2H3. The van der Waals surface area contributed by atoms with Gasteiger partial charge in [0.2, 0.25) is 11.8 Å². The zero-order valence-electron chi connectivity index (χ0n) is 14.1. The van der Waals surface area contributed by atoms with Gasteiger partial charge in [0, 0.05) is 32.1 Å². The Labute approximate surface area is 140 Å². The summed E-state index contributed by atoms with van der Waals surface area (Å²) in [5.41, 5.74) is 0.741. The van der Waals surface area contributed by atoms with Gasteiger partial charge in [-0.3, -0.25) is 4.79 Å². The Balaban J connectivity index is 1.55. The van der Waals surface area contributed by atoms with Crippen LogP contribution in [0, 0.1) is 0 Å². The van der Waals surface area contributed by atoms with E-state index in [1.54, 1.807) is 10.7 Å². The number of likely N-dealkylation sites (tertiary alicyclic amines) is 1. The number of pyridine rings is 1. The summed E-state index contributed by atoms with van der Waals surface area (Å²) in [6, 6.07) is 5.53. The molecule has 0 spiro atoms. The second kappa shape index (κ2) is 7.37. The predicted octanol–water partition coefficient (Wildman–Crippen LogP) is 0.952. The van der Waals surface area contributed by atoms with Crippen LogP contribution in [0.15, 0.2) is 18.2 Å². The number of amides is 1. The molecule has 1 aliphatic rings. The van der Waals surface area contributed by atoms with E-state index in [9.17, 15) is 4.79 Å². The average Bonchev–Trinajstić information content (AvgIpc) is 3.02. The number of aryl methyl sites for hydroxylation is 1. The molecule has 8 heteroatoms. The third-order valence-electron chi connectivity index (χ3n) is 4.27. The lowest BCUT2D eigenvalue weighted by Gasteiger charge is -2.31. The van der Waals surface area contributed by atoms with Crippen LogP contribution in [0.5, 0.6) is 5.88 Å². The lowest BCUT2D eigenvalue weighted by atomic mass is 9.95. The molecule has 2 aromatic heterocycles. The molecule has 0 aromatic carbocycles. The fourth-order valence-corrected chi connectivity index (χ4v) is 3.02. The summed E-state index contributed by atoms with van der Waals surface area (Å²) in [6.45, 7) is 3.92. The van der Waals surface area contributed by atoms with E-state index in [4.69, 9.17) is 4.74 Å². The summed E-state index contributed by atoms with van der Waals surface area (Å²) in [5, 5.41) is 11.7. The zero-order valence-corrected chi connectivity index (χ0v) is 14.1. The van der Waals surface area contributed by atoms with Gasteiger partial charge in [-0.05, 0) is 36.3 Å². The number of carbonyl (C=O) groups excluding carboxylic acids is 1. The molecule has 1 amide bonds. The normalized spacial score (nSPS) is 15.5. The maximum Gasteiger partial charge on any atom is 0.228 e. The van der Waals surface area contributed by atoms with E-state index < -0.39 is 0 Å². The Kier molecular flexibility index (Phi) is 5.02. The van der Waals surface area contributed by atoms with Crippen molar-refractivity contribution in [3.05, 3.63) is 29.7 Å². The van der Waals surface area contributed by atoms with Gasteiger partial charge in [-0.2, -0.15) is 0 Å². The third kappa shape index (κ3) is 3.69. The quantitative estimate of drug-likeness (QED) is 0.811. The van der Waals surface area contributed by atoms with Crippen molar-refractivity contribution in [1.29, 1.82) is 0 Å². The van der Waals surface area contributed by atoms with Crippen LogP contribution in [0.3, 0.4) is 0 Å². The molecule has 0 radical (unpaired) electrons. The first-order valence-corrected chi connectivity index (χ1v) is 8.26. The van der Waals surface area contributed by atoms with Crippen LogP contribution < -0.4 is 4.74 Å². The number of rotatable bonds is 5. The van der Waals surface area contributed by atoms with Crippen molar-refractivity contribution in [3.63, 3.8) is 0 Å². The van der Waals surface area contributed by atoms with Crippen LogP contribution in [0.25, 0.3) is 0 Å². The maximum absolute atomic E-state index is 12.5. The van der Waals surface area contributed by atoms with Crippen molar-refractivity contribution in [2.24, 2.45) is 7.05 Å². The fraction of sp³-hybridized carbons (Fsp3) is 0.562. The van der Waals surface area contributed by atoms with Crippen molar-refractivity contribution in [2.45, 2.75) is 32.1 Å². The number of ether oxygens (including phenoxy) is 1. The molecule has 1 fully saturated rings. The van der Waals surface area contributed by atoms with E-state index in [0.29, 0.717) is 24.8 Å². The number of nitrogens with zero attached hydrogens (tertiary/aromatic N) is 6. The number of piperidine rings is 1. The molecule has 0 saturated carbocycles. The van der Waals surface area contributed by atoms with Crippen molar-refractivity contribution in [3.8, 4) is 5.88 Å². The number of aromatic nitrogens is 5. The highest BCUT2D eigenvalue weighted by molar-refractivity contribution is 5.78. The molecule has 3 rings (SSSR count). The molecule has 8 nitrogen and oxygen atoms in total. The fourth-order valence-electron chi connectivity index (χ4n) is 3.02. The Morgan fingerprint density at radius 3 is 2.79 bits per heavy atom. The number of tetrazole rings is 1. The van der Waals surface area contributed by atoms with Gasteiger partial charge in [-0.15, -0.1) is 5.10 Å². The van der Waals surface area contributed by atoms with E-state index in [2.05, 4.69) is 20.5 Å². The van der Waals surface area contributed by atoms with Gasteiger partial charge < -0.3 is 9.64 Å². The molecular formula is C16H22N6O2. The van der Waals surface area contributed by atoms with E-state index in [1.165, 1.54) is 0 Å². The Morgan fingerprint density at radius 1 is 1.33 bits per heavy atom. The minimum atomic E-state index is 0.102. The maximum atomic E-state index is 12.5. The largest absolute Gasteiger partial charge is 0.478 e. The van der Waals surface area contributed by atoms with Crippen LogP contribution in [0.4, 0.5) is 0 Å². The van der Waals surface area contributed by atoms with Gasteiger partial charge in [0.05, 0.1) is 18.7 Å². The summed E-state index contributed by atoms with van der Waals surface area (Å²) >= 11 is 0. The SMILES string of the molecule is CCOc1cccc(CC(=O)N2CCC(c3nnnn3C)CC2)n1. The Morgan fingerprint density at radius 2 is 2.12 bits per heavy atom. The van der Waals surface area contributed by atoms with E-state index >= 15 is 0 Å². The Bertz CT molecular complexity index is 693. The van der Waals surface area contributed by atoms with Crippen LogP contribution >= 0.6 is 0 Å². The summed E-state index contributed by atoms with van der Waals surface area (Å²) in [6.07, 6.45) is 2.07. The van der Waals surface area contributed by atoms with Crippen LogP contribution in [-0.2, 0) is 18.3 Å². The van der Waals surface area contributed by atoms with Gasteiger partial charge in [-0.25, -0.2) is 9.67 Å². The first-order chi connectivity index (χ1) is 11.7. The van der Waals surface area contributed by atoms with Gasteiger partial charge in [0.15, 0.2) is 5.82 Å². The summed E-state index contributed by atoms with van der Waals surface area (Å²) in [7, 11) is 1.85. The lowest BCUT2D eigenvalue weighted by Crippen LogP contribution is -2.39. The minimum Gasteiger partial charge on any atom is -0.478 e. The molecule has 24 heavy (non-hydrogen) atoms. The molecule has 1 saturated heterocycles. The van der Waals surface area contributed by atoms with Crippen LogP contribution in [0.1, 0.15) is 37.2 Å². The smallest absolute Gasteiger partial charge is 0.228 e. The van der Waals surface area contributed by atoms with Gasteiger partial charge in [0.1, 0.15) is 0 Å². The number of hydrogen-bond acceptors (Lipinski definition) is 6. The highest BCUT2D eigenvalue weighted by Gasteiger charge is 2.26. The average molecular weight is 330 g/mol. The summed E-state index contributed by atoms with van der Waals surface area (Å²) in [5.74, 6) is 1.88. The molecule has 3 heterocycles. The number of hydrogen-bond donors (Lipinski definition) is 0. The second-order valence-electron chi connectivity index (χ2n) is 5.89. The van der Waals surface area contributed by atoms with Crippen molar-refractivity contribution >= 4 is 5.91 Å². The highest BCUT2D eigenvalue weighted by atomic mass is 16.5. The van der Waals surface area contributed by atoms with E-state index in [0.717, 1.165) is 37.4 Å². The predicted molar refractivity (Wildman–Crippen MR) is 86.5 cm³/mol. The first-order valence-electron chi connectivity index (χ1n) is 8.26. The van der Waals surface area contributed by atoms with Gasteiger partial charge in [-0.1, -0.05) is 6.07 Å². The second-order valence-corrected chi connectivity index (χ2v) is 5.89. The summed E-state index contributed by atoms with van der Waals surface area (Å²) in [4.78, 5) is 18.8. The molecule has 128 valence electrons. The molecule has 0 aliphatic carbocycles. The minimum absolute atomic E-state index is 0.102. The molecule has 0 unspecified atom stereocenters. The molecule has 0 atom stereocenters. The highest BCUT2D eigenvalue weighted by Crippen LogP contribution is 2.26. The monoisotopic (exact) mass is 330 g/mol. The molecule has 0 bridgehead atoms. The molecule has 0 N–H and O–H groups in total. The van der Waals surface area contributed by atoms with E-state index in [1.807, 2.05) is 31.0 Å². The Hall–Kier alpha value is -2.51. The number of carbonyl (C=O) groups is 1. The molecule has 2 aromatic rings. The van der Waals surface area contributed by atoms with Crippen LogP contribution in [-0.4, -0.2) is 55.7 Å². The summed E-state index contributed by atoms with van der Waals surface area (Å²) < 4.78 is 7.10. The van der Waals surface area contributed by atoms with Crippen molar-refractivity contribution in [1.82, 2.24) is 30.1 Å². The molecular weight excluding hydrogens is 308 g/mol. The van der Waals surface area contributed by atoms with Crippen molar-refractivity contribution < 1.29 is 9.53 Å². The third-order valence-corrected chi connectivity index (χ3v) is 4.27. The zero-order chi connectivity index (χ0) is 16.9. The topological polar surface area (TPSA) is 86.0 Å². The molecule has 1 aliphatic heterocycles. The lowest BCUT2D eigenvalue weighted by molar-refractivity contribution is -0.131. The van der Waals surface area contributed by atoms with Gasteiger partial charge in [0.25, 0.3) is 0 Å². The van der Waals surface area contributed by atoms with Crippen LogP contribution in [0.2, 0.25) is 0 Å².